The Balaban J connectivity index is 0.00000288. The Morgan fingerprint density at radius 3 is 2.29 bits per heavy atom. The maximum atomic E-state index is 12.2. The highest BCUT2D eigenvalue weighted by Gasteiger charge is 2.30. The monoisotopic (exact) mass is 360 g/mol. The van der Waals surface area contributed by atoms with Crippen LogP contribution in [0, 0.1) is 0 Å². The molecule has 0 bridgehead atoms. The number of nitrogens with two attached hydrogens (primary N) is 1. The van der Waals surface area contributed by atoms with Gasteiger partial charge in [-0.3, -0.25) is 4.79 Å². The molecule has 1 aromatic rings. The summed E-state index contributed by atoms with van der Waals surface area (Å²) in [5, 5.41) is 2.87. The van der Waals surface area contributed by atoms with E-state index < -0.39 is 6.10 Å². The second kappa shape index (κ2) is 9.56. The zero-order valence-corrected chi connectivity index (χ0v) is 15.0. The van der Waals surface area contributed by atoms with Crippen LogP contribution < -0.4 is 25.3 Å². The minimum Gasteiger partial charge on any atom is -0.496 e. The maximum Gasteiger partial charge on any atom is 0.249 e. The molecule has 0 aromatic heterocycles. The molecule has 1 saturated heterocycles. The Bertz CT molecular complexity index is 530. The Kier molecular flexibility index (Phi) is 8.10. The second-order valence-electron chi connectivity index (χ2n) is 5.29. The fourth-order valence-electron chi connectivity index (χ4n) is 2.61. The Hall–Kier alpha value is -1.70. The van der Waals surface area contributed by atoms with Gasteiger partial charge in [0.1, 0.15) is 23.4 Å². The minimum absolute atomic E-state index is 0. The van der Waals surface area contributed by atoms with E-state index >= 15 is 0 Å². The quantitative estimate of drug-likeness (QED) is 0.760. The van der Waals surface area contributed by atoms with E-state index in [1.54, 1.807) is 33.5 Å². The summed E-state index contributed by atoms with van der Waals surface area (Å²) in [5.74, 6) is 1.65. The van der Waals surface area contributed by atoms with Crippen molar-refractivity contribution in [3.63, 3.8) is 0 Å². The lowest BCUT2D eigenvalue weighted by atomic mass is 10.1. The molecule has 0 spiro atoms. The van der Waals surface area contributed by atoms with Crippen molar-refractivity contribution in [3.8, 4) is 17.2 Å². The summed E-state index contributed by atoms with van der Waals surface area (Å²) in [6, 6.07) is 3.50. The third-order valence-corrected chi connectivity index (χ3v) is 3.92. The molecular formula is C16H25ClN2O5. The summed E-state index contributed by atoms with van der Waals surface area (Å²) in [5.41, 5.74) is 6.31. The van der Waals surface area contributed by atoms with E-state index in [0.717, 1.165) is 12.0 Å². The Morgan fingerprint density at radius 2 is 1.83 bits per heavy atom. The van der Waals surface area contributed by atoms with Gasteiger partial charge in [-0.25, -0.2) is 0 Å². The number of rotatable bonds is 7. The number of carbonyl (C=O) groups excluding carboxylic acids is 1. The number of benzene rings is 1. The minimum atomic E-state index is -0.446. The molecule has 7 nitrogen and oxygen atoms in total. The van der Waals surface area contributed by atoms with E-state index in [1.807, 2.05) is 0 Å². The zero-order valence-electron chi connectivity index (χ0n) is 14.2. The zero-order chi connectivity index (χ0) is 16.8. The van der Waals surface area contributed by atoms with E-state index in [4.69, 9.17) is 24.7 Å². The normalized spacial score (nSPS) is 19.3. The van der Waals surface area contributed by atoms with Gasteiger partial charge in [0.25, 0.3) is 0 Å². The van der Waals surface area contributed by atoms with Gasteiger partial charge >= 0.3 is 0 Å². The van der Waals surface area contributed by atoms with Crippen LogP contribution >= 0.6 is 12.4 Å². The molecular weight excluding hydrogens is 336 g/mol. The van der Waals surface area contributed by atoms with E-state index in [0.29, 0.717) is 30.2 Å². The molecule has 2 atom stereocenters. The van der Waals surface area contributed by atoms with Crippen molar-refractivity contribution < 1.29 is 23.7 Å². The highest BCUT2D eigenvalue weighted by molar-refractivity contribution is 5.85. The fraction of sp³-hybridized carbons (Fsp3) is 0.562. The molecule has 0 unspecified atom stereocenters. The van der Waals surface area contributed by atoms with Crippen molar-refractivity contribution >= 4 is 18.3 Å². The number of carbonyl (C=O) groups is 1. The summed E-state index contributed by atoms with van der Waals surface area (Å²) in [4.78, 5) is 12.2. The van der Waals surface area contributed by atoms with Gasteiger partial charge in [0.15, 0.2) is 0 Å². The van der Waals surface area contributed by atoms with Crippen LogP contribution in [0.4, 0.5) is 0 Å². The standard InChI is InChI=1S/C16H24N2O5.ClH/c1-20-11-6-14(21-2)12(15(7-11)22-3)9-18-16(19)13-5-4-10(8-17)23-13;/h6-7,10,13H,4-5,8-9,17H2,1-3H3,(H,18,19);1H/t10-,13+;/m1./s1. The molecule has 8 heteroatoms. The average molecular weight is 361 g/mol. The predicted octanol–water partition coefficient (Wildman–Crippen LogP) is 1.26. The molecule has 0 aliphatic carbocycles. The summed E-state index contributed by atoms with van der Waals surface area (Å²) in [7, 11) is 4.69. The number of hydrogen-bond acceptors (Lipinski definition) is 6. The van der Waals surface area contributed by atoms with Crippen LogP contribution in [0.1, 0.15) is 18.4 Å². The molecule has 0 radical (unpaired) electrons. The van der Waals surface area contributed by atoms with Crippen molar-refractivity contribution in [2.75, 3.05) is 27.9 Å². The molecule has 1 aromatic carbocycles. The number of halogens is 1. The van der Waals surface area contributed by atoms with E-state index in [9.17, 15) is 4.79 Å². The van der Waals surface area contributed by atoms with Gasteiger partial charge in [-0.15, -0.1) is 12.4 Å². The van der Waals surface area contributed by atoms with Crippen molar-refractivity contribution in [1.29, 1.82) is 0 Å². The van der Waals surface area contributed by atoms with Crippen LogP contribution in [0.5, 0.6) is 17.2 Å². The summed E-state index contributed by atoms with van der Waals surface area (Å²) in [6.07, 6.45) is 1.02. The lowest BCUT2D eigenvalue weighted by Gasteiger charge is -2.17. The van der Waals surface area contributed by atoms with Gasteiger partial charge in [0.2, 0.25) is 5.91 Å². The summed E-state index contributed by atoms with van der Waals surface area (Å²) < 4.78 is 21.5. The topological polar surface area (TPSA) is 92.0 Å². The third-order valence-electron chi connectivity index (χ3n) is 3.92. The highest BCUT2D eigenvalue weighted by Crippen LogP contribution is 2.34. The van der Waals surface area contributed by atoms with Gasteiger partial charge < -0.3 is 30.0 Å². The molecule has 1 amide bonds. The highest BCUT2D eigenvalue weighted by atomic mass is 35.5. The van der Waals surface area contributed by atoms with Gasteiger partial charge in [0, 0.05) is 18.7 Å². The van der Waals surface area contributed by atoms with Crippen LogP contribution in [0.3, 0.4) is 0 Å². The van der Waals surface area contributed by atoms with Gasteiger partial charge in [0.05, 0.1) is 39.5 Å². The SMILES string of the molecule is COc1cc(OC)c(CNC(=O)[C@@H]2CC[C@H](CN)O2)c(OC)c1.Cl. The first-order chi connectivity index (χ1) is 11.1. The summed E-state index contributed by atoms with van der Waals surface area (Å²) in [6.45, 7) is 0.715. The molecule has 1 fully saturated rings. The smallest absolute Gasteiger partial charge is 0.249 e. The largest absolute Gasteiger partial charge is 0.496 e. The van der Waals surface area contributed by atoms with Crippen LogP contribution in [0.15, 0.2) is 12.1 Å². The van der Waals surface area contributed by atoms with E-state index in [1.165, 1.54) is 0 Å². The van der Waals surface area contributed by atoms with Crippen LogP contribution in [0.2, 0.25) is 0 Å². The molecule has 1 aliphatic rings. The Labute approximate surface area is 148 Å². The van der Waals surface area contributed by atoms with Gasteiger partial charge in [-0.1, -0.05) is 0 Å². The molecule has 0 saturated carbocycles. The number of hydrogen-bond donors (Lipinski definition) is 2. The van der Waals surface area contributed by atoms with Crippen LogP contribution in [0.25, 0.3) is 0 Å². The lowest BCUT2D eigenvalue weighted by Crippen LogP contribution is -2.35. The number of ether oxygens (including phenoxy) is 4. The number of amides is 1. The van der Waals surface area contributed by atoms with Crippen LogP contribution in [-0.2, 0) is 16.1 Å². The summed E-state index contributed by atoms with van der Waals surface area (Å²) >= 11 is 0. The molecule has 1 aliphatic heterocycles. The maximum absolute atomic E-state index is 12.2. The first-order valence-electron chi connectivity index (χ1n) is 7.55. The van der Waals surface area contributed by atoms with Crippen molar-refractivity contribution in [2.45, 2.75) is 31.6 Å². The van der Waals surface area contributed by atoms with E-state index in [-0.39, 0.29) is 31.0 Å². The Morgan fingerprint density at radius 1 is 1.21 bits per heavy atom. The lowest BCUT2D eigenvalue weighted by molar-refractivity contribution is -0.132. The number of nitrogens with one attached hydrogen (secondary N) is 1. The molecule has 1 heterocycles. The fourth-order valence-corrected chi connectivity index (χ4v) is 2.61. The number of methoxy groups -OCH3 is 3. The van der Waals surface area contributed by atoms with Crippen molar-refractivity contribution in [3.05, 3.63) is 17.7 Å². The average Bonchev–Trinajstić information content (AvgIpc) is 3.08. The molecule has 3 N–H and O–H groups in total. The molecule has 24 heavy (non-hydrogen) atoms. The molecule has 136 valence electrons. The van der Waals surface area contributed by atoms with Crippen LogP contribution in [-0.4, -0.2) is 46.0 Å². The first kappa shape index (κ1) is 20.3. The van der Waals surface area contributed by atoms with Crippen molar-refractivity contribution in [2.24, 2.45) is 5.73 Å². The van der Waals surface area contributed by atoms with E-state index in [2.05, 4.69) is 5.32 Å². The third kappa shape index (κ3) is 4.66. The van der Waals surface area contributed by atoms with Gasteiger partial charge in [-0.2, -0.15) is 0 Å². The second-order valence-corrected chi connectivity index (χ2v) is 5.29. The van der Waals surface area contributed by atoms with Gasteiger partial charge in [-0.05, 0) is 12.8 Å². The predicted molar refractivity (Wildman–Crippen MR) is 92.1 cm³/mol. The van der Waals surface area contributed by atoms with Crippen molar-refractivity contribution in [1.82, 2.24) is 5.32 Å². The molecule has 2 rings (SSSR count). The first-order valence-corrected chi connectivity index (χ1v) is 7.55.